The highest BCUT2D eigenvalue weighted by Gasteiger charge is 2.29. The van der Waals surface area contributed by atoms with Gasteiger partial charge in [0.25, 0.3) is 0 Å². The molecule has 0 bridgehead atoms. The molecule has 0 aromatic heterocycles. The first kappa shape index (κ1) is 26.9. The van der Waals surface area contributed by atoms with E-state index in [0.717, 1.165) is 37.2 Å². The maximum Gasteiger partial charge on any atom is 0.368 e. The molecule has 0 fully saturated rings. The zero-order valence-corrected chi connectivity index (χ0v) is 21.2. The molecule has 2 aromatic rings. The van der Waals surface area contributed by atoms with Gasteiger partial charge in [0.05, 0.1) is 26.3 Å². The first-order valence-corrected chi connectivity index (χ1v) is 13.7. The summed E-state index contributed by atoms with van der Waals surface area (Å²) in [5, 5.41) is 8.73. The lowest BCUT2D eigenvalue weighted by molar-refractivity contribution is -0.134. The molecule has 1 aliphatic rings. The van der Waals surface area contributed by atoms with E-state index in [0.29, 0.717) is 21.8 Å². The van der Waals surface area contributed by atoms with Crippen LogP contribution in [-0.4, -0.2) is 33.8 Å². The minimum atomic E-state index is -1.70. The summed E-state index contributed by atoms with van der Waals surface area (Å²) in [7, 11) is -1.27. The van der Waals surface area contributed by atoms with Crippen molar-refractivity contribution >= 4 is 39.9 Å². The maximum atomic E-state index is 13.4. The number of carboxylic acid groups (broad SMARTS) is 1. The van der Waals surface area contributed by atoms with Crippen LogP contribution in [0.25, 0.3) is 0 Å². The van der Waals surface area contributed by atoms with Crippen LogP contribution in [0.4, 0.5) is 15.8 Å². The van der Waals surface area contributed by atoms with Gasteiger partial charge in [-0.1, -0.05) is 51.8 Å². The SMILES string of the molecule is CC.CCCCC1CN(c2ccccc2)c2cc(SC)c(O/C=C(\F)C(=O)O)cc2S(=O)C1. The summed E-state index contributed by atoms with van der Waals surface area (Å²) < 4.78 is 32.1. The maximum absolute atomic E-state index is 13.4. The van der Waals surface area contributed by atoms with Crippen LogP contribution < -0.4 is 9.64 Å². The third-order valence-electron chi connectivity index (χ3n) is 5.14. The monoisotopic (exact) mass is 493 g/mol. The summed E-state index contributed by atoms with van der Waals surface area (Å²) in [6.07, 6.45) is 5.58. The van der Waals surface area contributed by atoms with Crippen molar-refractivity contribution in [1.29, 1.82) is 0 Å². The number of hydrogen-bond donors (Lipinski definition) is 1. The Morgan fingerprint density at radius 3 is 2.61 bits per heavy atom. The molecule has 3 rings (SSSR count). The minimum Gasteiger partial charge on any atom is -0.476 e. The van der Waals surface area contributed by atoms with Crippen molar-refractivity contribution in [2.45, 2.75) is 49.8 Å². The van der Waals surface area contributed by atoms with Gasteiger partial charge in [0.1, 0.15) is 12.0 Å². The molecule has 8 heteroatoms. The van der Waals surface area contributed by atoms with Gasteiger partial charge in [-0.3, -0.25) is 4.21 Å². The Balaban J connectivity index is 0.00000187. The number of halogens is 1. The van der Waals surface area contributed by atoms with Crippen LogP contribution in [0.1, 0.15) is 40.0 Å². The van der Waals surface area contributed by atoms with E-state index < -0.39 is 22.6 Å². The van der Waals surface area contributed by atoms with Gasteiger partial charge >= 0.3 is 5.97 Å². The van der Waals surface area contributed by atoms with Gasteiger partial charge in [-0.25, -0.2) is 4.79 Å². The van der Waals surface area contributed by atoms with Crippen LogP contribution in [-0.2, 0) is 15.6 Å². The van der Waals surface area contributed by atoms with E-state index in [1.165, 1.54) is 11.8 Å². The predicted octanol–water partition coefficient (Wildman–Crippen LogP) is 6.77. The van der Waals surface area contributed by atoms with E-state index in [-0.39, 0.29) is 11.7 Å². The molecule has 0 radical (unpaired) electrons. The Hall–Kier alpha value is -2.32. The summed E-state index contributed by atoms with van der Waals surface area (Å²) in [5.74, 6) is -2.00. The molecule has 1 heterocycles. The van der Waals surface area contributed by atoms with E-state index in [1.54, 1.807) is 6.07 Å². The van der Waals surface area contributed by atoms with E-state index in [9.17, 15) is 13.4 Å². The molecule has 0 aliphatic carbocycles. The van der Waals surface area contributed by atoms with Crippen molar-refractivity contribution < 1.29 is 23.2 Å². The van der Waals surface area contributed by atoms with E-state index >= 15 is 0 Å². The highest BCUT2D eigenvalue weighted by molar-refractivity contribution is 7.98. The normalized spacial score (nSPS) is 18.0. The van der Waals surface area contributed by atoms with Gasteiger partial charge < -0.3 is 14.7 Å². The van der Waals surface area contributed by atoms with Crippen LogP contribution in [0.5, 0.6) is 5.75 Å². The lowest BCUT2D eigenvalue weighted by Gasteiger charge is -2.28. The number of hydrogen-bond acceptors (Lipinski definition) is 5. The highest BCUT2D eigenvalue weighted by Crippen LogP contribution is 2.42. The van der Waals surface area contributed by atoms with E-state index in [2.05, 4.69) is 11.8 Å². The fourth-order valence-corrected chi connectivity index (χ4v) is 5.63. The third kappa shape index (κ3) is 7.08. The number of carbonyl (C=O) groups is 1. The molecule has 5 nitrogen and oxygen atoms in total. The van der Waals surface area contributed by atoms with Gasteiger partial charge in [-0.15, -0.1) is 11.8 Å². The number of unbranched alkanes of at least 4 members (excludes halogenated alkanes) is 1. The average molecular weight is 494 g/mol. The van der Waals surface area contributed by atoms with Gasteiger partial charge in [0.15, 0.2) is 0 Å². The van der Waals surface area contributed by atoms with Crippen molar-refractivity contribution in [3.8, 4) is 5.75 Å². The first-order valence-electron chi connectivity index (χ1n) is 11.1. The Bertz CT molecular complexity index is 982. The second-order valence-electron chi connectivity index (χ2n) is 7.33. The molecule has 1 aliphatic heterocycles. The summed E-state index contributed by atoms with van der Waals surface area (Å²) in [6, 6.07) is 13.5. The Kier molecular flexibility index (Phi) is 10.9. The van der Waals surface area contributed by atoms with Crippen molar-refractivity contribution in [1.82, 2.24) is 0 Å². The van der Waals surface area contributed by atoms with Crippen LogP contribution in [0.15, 0.2) is 64.3 Å². The first-order chi connectivity index (χ1) is 15.9. The molecule has 33 heavy (non-hydrogen) atoms. The summed E-state index contributed by atoms with van der Waals surface area (Å²) in [5.41, 5.74) is 1.85. The van der Waals surface area contributed by atoms with Gasteiger partial charge in [-0.05, 0) is 36.8 Å². The van der Waals surface area contributed by atoms with Gasteiger partial charge in [0.2, 0.25) is 5.83 Å². The van der Waals surface area contributed by atoms with Crippen LogP contribution in [0.3, 0.4) is 0 Å². The topological polar surface area (TPSA) is 66.8 Å². The number of carboxylic acids is 1. The molecular formula is C25H32FNO4S2. The quantitative estimate of drug-likeness (QED) is 0.249. The molecule has 180 valence electrons. The van der Waals surface area contributed by atoms with Crippen molar-refractivity contribution in [2.75, 3.05) is 23.5 Å². The fraction of sp³-hybridized carbons (Fsp3) is 0.400. The molecule has 0 saturated carbocycles. The summed E-state index contributed by atoms with van der Waals surface area (Å²) in [4.78, 5) is 14.3. The molecule has 0 spiro atoms. The van der Waals surface area contributed by atoms with Crippen molar-refractivity contribution in [2.24, 2.45) is 5.92 Å². The standard InChI is InChI=1S/C23H26FNO4S2.C2H6/c1-3-4-8-16-13-25(17-9-6-5-7-10-17)19-11-21(30-2)20(12-22(19)31(28)15-16)29-14-18(24)23(26)27;1-2/h5-7,9-12,14,16H,3-4,8,13,15H2,1-2H3,(H,26,27);1-2H3/b18-14-;. The third-order valence-corrected chi connectivity index (χ3v) is 7.49. The molecule has 1 N–H and O–H groups in total. The number of fused-ring (bicyclic) bond motifs is 1. The number of ether oxygens (including phenoxy) is 1. The number of nitrogens with zero attached hydrogens (tertiary/aromatic N) is 1. The molecule has 0 saturated heterocycles. The number of rotatable bonds is 8. The second-order valence-corrected chi connectivity index (χ2v) is 9.64. The average Bonchev–Trinajstić information content (AvgIpc) is 2.98. The van der Waals surface area contributed by atoms with E-state index in [1.807, 2.05) is 56.5 Å². The van der Waals surface area contributed by atoms with Crippen molar-refractivity contribution in [3.05, 3.63) is 54.6 Å². The number of para-hydroxylation sites is 1. The second kappa shape index (κ2) is 13.4. The zero-order chi connectivity index (χ0) is 24.4. The minimum absolute atomic E-state index is 0.264. The lowest BCUT2D eigenvalue weighted by Crippen LogP contribution is -2.25. The molecule has 2 unspecified atom stereocenters. The van der Waals surface area contributed by atoms with E-state index in [4.69, 9.17) is 9.84 Å². The summed E-state index contributed by atoms with van der Waals surface area (Å²) in [6.45, 7) is 6.90. The lowest BCUT2D eigenvalue weighted by atomic mass is 10.0. The fourth-order valence-electron chi connectivity index (χ4n) is 3.57. The Labute approximate surface area is 202 Å². The molecule has 2 atom stereocenters. The molecule has 0 amide bonds. The van der Waals surface area contributed by atoms with Crippen LogP contribution in [0.2, 0.25) is 0 Å². The predicted molar refractivity (Wildman–Crippen MR) is 135 cm³/mol. The van der Waals surface area contributed by atoms with Gasteiger partial charge in [-0.2, -0.15) is 4.39 Å². The number of thioether (sulfide) groups is 1. The Morgan fingerprint density at radius 1 is 1.30 bits per heavy atom. The van der Waals surface area contributed by atoms with Crippen molar-refractivity contribution in [3.63, 3.8) is 0 Å². The number of anilines is 2. The number of aliphatic carboxylic acids is 1. The van der Waals surface area contributed by atoms with Gasteiger partial charge in [0, 0.05) is 24.1 Å². The largest absolute Gasteiger partial charge is 0.476 e. The van der Waals surface area contributed by atoms with Crippen LogP contribution in [0, 0.1) is 5.92 Å². The zero-order valence-electron chi connectivity index (χ0n) is 19.5. The smallest absolute Gasteiger partial charge is 0.368 e. The molecular weight excluding hydrogens is 461 g/mol. The highest BCUT2D eigenvalue weighted by atomic mass is 32.2. The summed E-state index contributed by atoms with van der Waals surface area (Å²) >= 11 is 1.40. The molecule has 2 aromatic carbocycles. The van der Waals surface area contributed by atoms with Crippen LogP contribution >= 0.6 is 11.8 Å². The Morgan fingerprint density at radius 2 is 2.00 bits per heavy atom. The number of benzene rings is 2.